The third kappa shape index (κ3) is 3.06. The van der Waals surface area contributed by atoms with E-state index in [2.05, 4.69) is 16.3 Å². The molecular weight excluding hydrogens is 360 g/mol. The van der Waals surface area contributed by atoms with E-state index in [9.17, 15) is 0 Å². The first-order valence-electron chi connectivity index (χ1n) is 8.71. The van der Waals surface area contributed by atoms with Crippen molar-refractivity contribution in [1.29, 1.82) is 0 Å². The van der Waals surface area contributed by atoms with Gasteiger partial charge in [0.05, 0.1) is 28.5 Å². The molecule has 4 aromatic rings. The Bertz CT molecular complexity index is 1150. The molecule has 0 radical (unpaired) electrons. The molecule has 27 heavy (non-hydrogen) atoms. The molecular formula is C20H21ClN6. The van der Waals surface area contributed by atoms with Crippen LogP contribution in [-0.4, -0.2) is 29.3 Å². The van der Waals surface area contributed by atoms with Crippen LogP contribution in [0.15, 0.2) is 36.7 Å². The first-order valence-corrected chi connectivity index (χ1v) is 9.09. The lowest BCUT2D eigenvalue weighted by Crippen LogP contribution is -2.00. The highest BCUT2D eigenvalue weighted by Gasteiger charge is 2.19. The van der Waals surface area contributed by atoms with Crippen molar-refractivity contribution in [2.75, 3.05) is 0 Å². The average Bonchev–Trinajstić information content (AvgIpc) is 3.26. The summed E-state index contributed by atoms with van der Waals surface area (Å²) < 4.78 is 5.55. The summed E-state index contributed by atoms with van der Waals surface area (Å²) >= 11 is 6.38. The number of aryl methyl sites for hydroxylation is 5. The molecule has 3 aromatic heterocycles. The molecule has 0 spiro atoms. The summed E-state index contributed by atoms with van der Waals surface area (Å²) in [6.07, 6.45) is 4.00. The van der Waals surface area contributed by atoms with E-state index in [1.807, 2.05) is 74.8 Å². The van der Waals surface area contributed by atoms with Gasteiger partial charge in [-0.2, -0.15) is 15.3 Å². The molecule has 0 fully saturated rings. The van der Waals surface area contributed by atoms with Gasteiger partial charge in [0.25, 0.3) is 0 Å². The third-order valence-corrected chi connectivity index (χ3v) is 5.10. The van der Waals surface area contributed by atoms with Crippen molar-refractivity contribution in [2.45, 2.75) is 20.8 Å². The Morgan fingerprint density at radius 1 is 0.815 bits per heavy atom. The van der Waals surface area contributed by atoms with Crippen LogP contribution >= 0.6 is 11.6 Å². The SMILES string of the molecule is Cc1ccc(-n2nc(-c3cn(C)nc3C)cc2-c2cn(C)nc2C)cc1Cl. The molecule has 0 aliphatic rings. The van der Waals surface area contributed by atoms with Crippen LogP contribution < -0.4 is 0 Å². The van der Waals surface area contributed by atoms with Crippen LogP contribution in [0, 0.1) is 20.8 Å². The molecule has 0 N–H and O–H groups in total. The molecule has 138 valence electrons. The molecule has 3 heterocycles. The summed E-state index contributed by atoms with van der Waals surface area (Å²) in [6, 6.07) is 8.07. The zero-order chi connectivity index (χ0) is 19.3. The van der Waals surface area contributed by atoms with Crippen LogP contribution in [0.5, 0.6) is 0 Å². The predicted molar refractivity (Wildman–Crippen MR) is 107 cm³/mol. The average molecular weight is 381 g/mol. The lowest BCUT2D eigenvalue weighted by molar-refractivity contribution is 0.756. The molecule has 4 rings (SSSR count). The van der Waals surface area contributed by atoms with E-state index in [1.165, 1.54) is 0 Å². The summed E-state index contributed by atoms with van der Waals surface area (Å²) in [5.74, 6) is 0. The van der Waals surface area contributed by atoms with Gasteiger partial charge in [0.15, 0.2) is 0 Å². The Balaban J connectivity index is 1.96. The third-order valence-electron chi connectivity index (χ3n) is 4.69. The maximum Gasteiger partial charge on any atom is 0.0968 e. The molecule has 0 aliphatic heterocycles. The lowest BCUT2D eigenvalue weighted by Gasteiger charge is -2.08. The van der Waals surface area contributed by atoms with Gasteiger partial charge in [0.1, 0.15) is 0 Å². The number of hydrogen-bond donors (Lipinski definition) is 0. The van der Waals surface area contributed by atoms with Gasteiger partial charge in [0, 0.05) is 42.6 Å². The summed E-state index contributed by atoms with van der Waals surface area (Å²) in [4.78, 5) is 0. The summed E-state index contributed by atoms with van der Waals surface area (Å²) in [5.41, 5.74) is 7.73. The smallest absolute Gasteiger partial charge is 0.0968 e. The van der Waals surface area contributed by atoms with Gasteiger partial charge in [-0.3, -0.25) is 9.36 Å². The number of halogens is 1. The van der Waals surface area contributed by atoms with Crippen molar-refractivity contribution >= 4 is 11.6 Å². The van der Waals surface area contributed by atoms with Gasteiger partial charge in [-0.05, 0) is 44.5 Å². The zero-order valence-corrected chi connectivity index (χ0v) is 16.8. The molecule has 0 saturated carbocycles. The summed E-state index contributed by atoms with van der Waals surface area (Å²) in [6.45, 7) is 5.99. The van der Waals surface area contributed by atoms with Crippen LogP contribution in [-0.2, 0) is 14.1 Å². The molecule has 0 unspecified atom stereocenters. The maximum atomic E-state index is 6.38. The molecule has 6 nitrogen and oxygen atoms in total. The summed E-state index contributed by atoms with van der Waals surface area (Å²) in [5, 5.41) is 14.5. The molecule has 7 heteroatoms. The van der Waals surface area contributed by atoms with Crippen molar-refractivity contribution in [3.63, 3.8) is 0 Å². The molecule has 1 aromatic carbocycles. The highest BCUT2D eigenvalue weighted by Crippen LogP contribution is 2.32. The minimum atomic E-state index is 0.718. The van der Waals surface area contributed by atoms with Crippen molar-refractivity contribution in [2.24, 2.45) is 14.1 Å². The van der Waals surface area contributed by atoms with Crippen molar-refractivity contribution in [3.8, 4) is 28.2 Å². The Morgan fingerprint density at radius 3 is 2.00 bits per heavy atom. The minimum absolute atomic E-state index is 0.718. The fourth-order valence-corrected chi connectivity index (χ4v) is 3.49. The largest absolute Gasteiger partial charge is 0.275 e. The number of nitrogens with zero attached hydrogens (tertiary/aromatic N) is 6. The lowest BCUT2D eigenvalue weighted by atomic mass is 10.1. The van der Waals surface area contributed by atoms with E-state index in [4.69, 9.17) is 16.7 Å². The Labute approximate surface area is 163 Å². The highest BCUT2D eigenvalue weighted by molar-refractivity contribution is 6.31. The standard InChI is InChI=1S/C20H21ClN6/c1-12-6-7-15(8-18(12)21)27-20(17-11-26(5)23-14(17)3)9-19(24-27)16-10-25(4)22-13(16)2/h6-11H,1-5H3. The quantitative estimate of drug-likeness (QED) is 0.533. The van der Waals surface area contributed by atoms with Crippen LogP contribution in [0.3, 0.4) is 0 Å². The topological polar surface area (TPSA) is 53.5 Å². The van der Waals surface area contributed by atoms with Gasteiger partial charge in [-0.25, -0.2) is 4.68 Å². The molecule has 0 saturated heterocycles. The summed E-state index contributed by atoms with van der Waals surface area (Å²) in [7, 11) is 3.84. The Morgan fingerprint density at radius 2 is 1.44 bits per heavy atom. The van der Waals surface area contributed by atoms with Gasteiger partial charge >= 0.3 is 0 Å². The van der Waals surface area contributed by atoms with E-state index in [0.29, 0.717) is 0 Å². The molecule has 0 aliphatic carbocycles. The Kier molecular flexibility index (Phi) is 4.15. The van der Waals surface area contributed by atoms with Gasteiger partial charge in [-0.15, -0.1) is 0 Å². The second-order valence-corrected chi connectivity index (χ2v) is 7.27. The predicted octanol–water partition coefficient (Wildman–Crippen LogP) is 4.25. The fourth-order valence-electron chi connectivity index (χ4n) is 3.32. The fraction of sp³-hybridized carbons (Fsp3) is 0.250. The van der Waals surface area contributed by atoms with Crippen LogP contribution in [0.25, 0.3) is 28.2 Å². The van der Waals surface area contributed by atoms with Gasteiger partial charge in [-0.1, -0.05) is 17.7 Å². The second-order valence-electron chi connectivity index (χ2n) is 6.86. The van der Waals surface area contributed by atoms with Gasteiger partial charge < -0.3 is 0 Å². The van der Waals surface area contributed by atoms with Crippen LogP contribution in [0.1, 0.15) is 17.0 Å². The van der Waals surface area contributed by atoms with Crippen molar-refractivity contribution in [3.05, 3.63) is 58.6 Å². The van der Waals surface area contributed by atoms with Crippen molar-refractivity contribution < 1.29 is 0 Å². The molecule has 0 amide bonds. The van der Waals surface area contributed by atoms with Crippen LogP contribution in [0.4, 0.5) is 0 Å². The normalized spacial score (nSPS) is 11.3. The van der Waals surface area contributed by atoms with E-state index in [1.54, 1.807) is 4.68 Å². The van der Waals surface area contributed by atoms with E-state index in [0.717, 1.165) is 50.2 Å². The van der Waals surface area contributed by atoms with E-state index >= 15 is 0 Å². The van der Waals surface area contributed by atoms with Crippen LogP contribution in [0.2, 0.25) is 5.02 Å². The zero-order valence-electron chi connectivity index (χ0n) is 16.0. The van der Waals surface area contributed by atoms with Crippen molar-refractivity contribution in [1.82, 2.24) is 29.3 Å². The minimum Gasteiger partial charge on any atom is -0.275 e. The monoisotopic (exact) mass is 380 g/mol. The first-order chi connectivity index (χ1) is 12.8. The number of aromatic nitrogens is 6. The first kappa shape index (κ1) is 17.5. The Hall–Kier alpha value is -2.86. The van der Waals surface area contributed by atoms with E-state index < -0.39 is 0 Å². The van der Waals surface area contributed by atoms with Gasteiger partial charge in [0.2, 0.25) is 0 Å². The number of rotatable bonds is 3. The second kappa shape index (κ2) is 6.39. The van der Waals surface area contributed by atoms with E-state index in [-0.39, 0.29) is 0 Å². The maximum absolute atomic E-state index is 6.38. The molecule has 0 atom stereocenters. The number of hydrogen-bond acceptors (Lipinski definition) is 3. The highest BCUT2D eigenvalue weighted by atomic mass is 35.5. The molecule has 0 bridgehead atoms. The number of benzene rings is 1.